The van der Waals surface area contributed by atoms with Crippen LogP contribution in [0.2, 0.25) is 0 Å². The van der Waals surface area contributed by atoms with Crippen LogP contribution in [0.1, 0.15) is 44.1 Å². The van der Waals surface area contributed by atoms with Gasteiger partial charge in [0.2, 0.25) is 5.96 Å². The smallest absolute Gasteiger partial charge is 0.218 e. The lowest BCUT2D eigenvalue weighted by atomic mass is 9.93. The molecule has 2 saturated heterocycles. The van der Waals surface area contributed by atoms with Gasteiger partial charge in [-0.2, -0.15) is 5.26 Å². The summed E-state index contributed by atoms with van der Waals surface area (Å²) in [6.07, 6.45) is 12.7. The van der Waals surface area contributed by atoms with Crippen molar-refractivity contribution in [3.63, 3.8) is 0 Å². The normalized spacial score (nSPS) is 30.2. The van der Waals surface area contributed by atoms with E-state index in [2.05, 4.69) is 38.5 Å². The number of methoxy groups -OCH3 is 1. The summed E-state index contributed by atoms with van der Waals surface area (Å²) in [4.78, 5) is 11.3. The number of hydrogen-bond donors (Lipinski definition) is 1. The molecule has 9 heteroatoms. The third-order valence-electron chi connectivity index (χ3n) is 7.62. The van der Waals surface area contributed by atoms with Gasteiger partial charge in [-0.15, -0.1) is 0 Å². The summed E-state index contributed by atoms with van der Waals surface area (Å²) >= 11 is 0. The van der Waals surface area contributed by atoms with Gasteiger partial charge < -0.3 is 28.8 Å². The number of morpholine rings is 1. The molecule has 3 unspecified atom stereocenters. The summed E-state index contributed by atoms with van der Waals surface area (Å²) in [5.74, 6) is 1.49. The van der Waals surface area contributed by atoms with Gasteiger partial charge in [-0.25, -0.2) is 9.98 Å². The lowest BCUT2D eigenvalue weighted by Gasteiger charge is -2.34. The zero-order chi connectivity index (χ0) is 23.8. The van der Waals surface area contributed by atoms with Crippen LogP contribution < -0.4 is 15.0 Å². The third kappa shape index (κ3) is 4.60. The zero-order valence-corrected chi connectivity index (χ0v) is 20.1. The highest BCUT2D eigenvalue weighted by Crippen LogP contribution is 2.35. The molecule has 1 N–H and O–H groups in total. The molecule has 9 nitrogen and oxygen atoms in total. The zero-order valence-electron chi connectivity index (χ0n) is 20.1. The summed E-state index contributed by atoms with van der Waals surface area (Å²) in [7, 11) is 1.67. The molecule has 2 bridgehead atoms. The quantitative estimate of drug-likeness (QED) is 0.713. The van der Waals surface area contributed by atoms with Gasteiger partial charge in [0, 0.05) is 50.9 Å². The fourth-order valence-electron chi connectivity index (χ4n) is 5.70. The van der Waals surface area contributed by atoms with E-state index in [1.807, 2.05) is 22.9 Å². The van der Waals surface area contributed by atoms with E-state index in [4.69, 9.17) is 14.2 Å². The summed E-state index contributed by atoms with van der Waals surface area (Å²) in [6, 6.07) is 6.67. The number of guanidine groups is 1. The molecule has 184 valence electrons. The number of ether oxygens (including phenoxy) is 3. The number of nitrogens with one attached hydrogen (secondary N) is 1. The Morgan fingerprint density at radius 3 is 2.63 bits per heavy atom. The van der Waals surface area contributed by atoms with E-state index in [1.165, 1.54) is 0 Å². The van der Waals surface area contributed by atoms with Crippen LogP contribution in [0.25, 0.3) is 5.52 Å². The number of rotatable bonds is 5. The van der Waals surface area contributed by atoms with Crippen LogP contribution >= 0.6 is 0 Å². The van der Waals surface area contributed by atoms with Crippen LogP contribution in [0.4, 0.5) is 5.69 Å². The van der Waals surface area contributed by atoms with Gasteiger partial charge in [0.15, 0.2) is 0 Å². The van der Waals surface area contributed by atoms with Crippen molar-refractivity contribution in [1.82, 2.24) is 9.72 Å². The number of hydrogen-bond acceptors (Lipinski definition) is 8. The summed E-state index contributed by atoms with van der Waals surface area (Å²) < 4.78 is 19.9. The molecule has 6 rings (SSSR count). The lowest BCUT2D eigenvalue weighted by Crippen LogP contribution is -2.42. The maximum Gasteiger partial charge on any atom is 0.218 e. The maximum absolute atomic E-state index is 9.69. The Labute approximate surface area is 205 Å². The van der Waals surface area contributed by atoms with E-state index in [9.17, 15) is 5.26 Å². The van der Waals surface area contributed by atoms with Gasteiger partial charge in [-0.05, 0) is 44.6 Å². The van der Waals surface area contributed by atoms with Crippen molar-refractivity contribution in [2.24, 2.45) is 9.98 Å². The molecule has 0 radical (unpaired) electrons. The third-order valence-corrected chi connectivity index (χ3v) is 7.62. The molecule has 2 aromatic rings. The van der Waals surface area contributed by atoms with Crippen LogP contribution in [0.5, 0.6) is 5.75 Å². The average Bonchev–Trinajstić information content (AvgIpc) is 3.47. The molecule has 35 heavy (non-hydrogen) atoms. The van der Waals surface area contributed by atoms with Crippen LogP contribution in [0.15, 0.2) is 34.5 Å². The second kappa shape index (κ2) is 9.51. The molecule has 0 spiro atoms. The second-order valence-electron chi connectivity index (χ2n) is 9.97. The van der Waals surface area contributed by atoms with Crippen LogP contribution in [0.3, 0.4) is 0 Å². The number of fused-ring (bicyclic) bond motifs is 3. The van der Waals surface area contributed by atoms with Crippen molar-refractivity contribution < 1.29 is 14.2 Å². The van der Waals surface area contributed by atoms with E-state index in [1.54, 1.807) is 7.11 Å². The topological polar surface area (TPSA) is 95.9 Å². The van der Waals surface area contributed by atoms with Crippen molar-refractivity contribution in [3.8, 4) is 11.8 Å². The van der Waals surface area contributed by atoms with Gasteiger partial charge in [-0.1, -0.05) is 0 Å². The van der Waals surface area contributed by atoms with E-state index in [-0.39, 0.29) is 12.2 Å². The van der Waals surface area contributed by atoms with E-state index in [0.717, 1.165) is 68.6 Å². The number of aromatic nitrogens is 1. The number of nitrogens with zero attached hydrogens (tertiary/aromatic N) is 5. The first-order valence-electron chi connectivity index (χ1n) is 12.7. The first kappa shape index (κ1) is 22.4. The summed E-state index contributed by atoms with van der Waals surface area (Å²) in [6.45, 7) is 2.42. The Kier molecular flexibility index (Phi) is 6.08. The van der Waals surface area contributed by atoms with Crippen molar-refractivity contribution in [1.29, 1.82) is 5.26 Å². The highest BCUT2D eigenvalue weighted by Gasteiger charge is 2.34. The number of anilines is 1. The van der Waals surface area contributed by atoms with Crippen molar-refractivity contribution in [2.45, 2.75) is 69.0 Å². The molecule has 3 fully saturated rings. The van der Waals surface area contributed by atoms with Gasteiger partial charge in [0.05, 0.1) is 36.1 Å². The molecular weight excluding hydrogens is 444 g/mol. The largest absolute Gasteiger partial charge is 0.488 e. The summed E-state index contributed by atoms with van der Waals surface area (Å²) in [5.41, 5.74) is 2.63. The Hall–Kier alpha value is -3.09. The minimum atomic E-state index is -0.0303. The standard InChI is InChI=1S/C26H32N6O3/c1-33-23-12-28-26(29-13-23)30-18-2-4-20(5-3-18)35-24-10-19(14-31-9-8-17(11-27)25(24)31)32-15-21-6-7-22(16-32)34-21/h8-10,12,14,18,20-23H,2-7,13,15-16H2,1H3,(H,29,30). The predicted octanol–water partition coefficient (Wildman–Crippen LogP) is 2.91. The van der Waals surface area contributed by atoms with Crippen LogP contribution in [0, 0.1) is 11.3 Å². The first-order chi connectivity index (χ1) is 17.2. The number of aliphatic imine (C=N–C) groups is 2. The van der Waals surface area contributed by atoms with Gasteiger partial charge >= 0.3 is 0 Å². The van der Waals surface area contributed by atoms with Crippen LogP contribution in [-0.4, -0.2) is 73.8 Å². The van der Waals surface area contributed by atoms with Gasteiger partial charge in [-0.3, -0.25) is 0 Å². The molecule has 4 aliphatic rings. The minimum absolute atomic E-state index is 0.0303. The minimum Gasteiger partial charge on any atom is -0.488 e. The predicted molar refractivity (Wildman–Crippen MR) is 134 cm³/mol. The first-order valence-corrected chi connectivity index (χ1v) is 12.7. The Morgan fingerprint density at radius 2 is 1.94 bits per heavy atom. The van der Waals surface area contributed by atoms with Crippen molar-refractivity contribution in [3.05, 3.63) is 30.1 Å². The summed E-state index contributed by atoms with van der Waals surface area (Å²) in [5, 5.41) is 13.2. The Balaban J connectivity index is 1.15. The molecule has 0 amide bonds. The monoisotopic (exact) mass is 476 g/mol. The molecule has 1 saturated carbocycles. The number of pyridine rings is 1. The van der Waals surface area contributed by atoms with Crippen molar-refractivity contribution >= 4 is 23.4 Å². The molecule has 3 aliphatic heterocycles. The SMILES string of the molecule is COC1C=NC(NC2CCC(Oc3cc(N4CC5CCC(C4)O5)cn4ccc(C#N)c34)CC2)=NC1. The molecular formula is C26H32N6O3. The highest BCUT2D eigenvalue weighted by molar-refractivity contribution is 5.91. The fraction of sp³-hybridized carbons (Fsp3) is 0.577. The molecule has 3 atom stereocenters. The number of nitriles is 1. The lowest BCUT2D eigenvalue weighted by molar-refractivity contribution is 0.0304. The van der Waals surface area contributed by atoms with Crippen molar-refractivity contribution in [2.75, 3.05) is 31.6 Å². The molecule has 5 heterocycles. The van der Waals surface area contributed by atoms with Crippen LogP contribution in [-0.2, 0) is 9.47 Å². The Morgan fingerprint density at radius 1 is 1.14 bits per heavy atom. The maximum atomic E-state index is 9.69. The van der Waals surface area contributed by atoms with Gasteiger partial charge in [0.25, 0.3) is 0 Å². The second-order valence-corrected chi connectivity index (χ2v) is 9.97. The van der Waals surface area contributed by atoms with E-state index >= 15 is 0 Å². The Bertz CT molecular complexity index is 1160. The highest BCUT2D eigenvalue weighted by atomic mass is 16.5. The van der Waals surface area contributed by atoms with Gasteiger partial charge in [0.1, 0.15) is 23.4 Å². The molecule has 1 aliphatic carbocycles. The van der Waals surface area contributed by atoms with E-state index in [0.29, 0.717) is 36.3 Å². The molecule has 0 aromatic carbocycles. The van der Waals surface area contributed by atoms with E-state index < -0.39 is 0 Å². The fourth-order valence-corrected chi connectivity index (χ4v) is 5.70. The molecule has 2 aromatic heterocycles. The average molecular weight is 477 g/mol.